The van der Waals surface area contributed by atoms with Crippen molar-refractivity contribution in [3.05, 3.63) is 0 Å². The van der Waals surface area contributed by atoms with Gasteiger partial charge in [-0.05, 0) is 24.8 Å². The lowest BCUT2D eigenvalue weighted by atomic mass is 9.87. The summed E-state index contributed by atoms with van der Waals surface area (Å²) in [6.07, 6.45) is 2.11. The van der Waals surface area contributed by atoms with E-state index in [4.69, 9.17) is 5.26 Å². The zero-order valence-electron chi connectivity index (χ0n) is 12.1. The summed E-state index contributed by atoms with van der Waals surface area (Å²) in [6.45, 7) is 8.80. The van der Waals surface area contributed by atoms with Crippen molar-refractivity contribution < 1.29 is 8.42 Å². The van der Waals surface area contributed by atoms with Crippen LogP contribution < -0.4 is 4.72 Å². The fraction of sp³-hybridized carbons (Fsp3) is 0.923. The second-order valence-electron chi connectivity index (χ2n) is 6.01. The second-order valence-corrected chi connectivity index (χ2v) is 8.06. The normalized spacial score (nSPS) is 21.5. The van der Waals surface area contributed by atoms with E-state index in [0.29, 0.717) is 25.9 Å². The minimum atomic E-state index is -3.16. The van der Waals surface area contributed by atoms with Crippen LogP contribution in [0.15, 0.2) is 0 Å². The van der Waals surface area contributed by atoms with Gasteiger partial charge in [-0.3, -0.25) is 0 Å². The van der Waals surface area contributed by atoms with Crippen LogP contribution >= 0.6 is 0 Å². The van der Waals surface area contributed by atoms with Crippen LogP contribution in [0.4, 0.5) is 0 Å². The number of nitrogens with zero attached hydrogens (tertiary/aromatic N) is 2. The van der Waals surface area contributed by atoms with Gasteiger partial charge in [0, 0.05) is 26.1 Å². The molecule has 1 atom stereocenters. The summed E-state index contributed by atoms with van der Waals surface area (Å²) in [4.78, 5) is 2.21. The summed E-state index contributed by atoms with van der Waals surface area (Å²) >= 11 is 0. The molecule has 1 saturated heterocycles. The first-order valence-electron chi connectivity index (χ1n) is 6.88. The van der Waals surface area contributed by atoms with Crippen molar-refractivity contribution in [1.29, 1.82) is 5.26 Å². The van der Waals surface area contributed by atoms with Gasteiger partial charge in [-0.2, -0.15) is 5.26 Å². The standard InChI is InChI=1S/C13H25N3O2S/c1-4-15-19(17,18)12-6-9-16(10-12)11-13(2,3)7-5-8-14/h12,15H,4-7,9-11H2,1-3H3/t12-/m0/s1. The van der Waals surface area contributed by atoms with E-state index in [2.05, 4.69) is 29.5 Å². The van der Waals surface area contributed by atoms with Gasteiger partial charge in [0.2, 0.25) is 10.0 Å². The van der Waals surface area contributed by atoms with Crippen LogP contribution in [-0.2, 0) is 10.0 Å². The largest absolute Gasteiger partial charge is 0.301 e. The molecule has 6 heteroatoms. The number of rotatable bonds is 7. The third-order valence-electron chi connectivity index (χ3n) is 3.58. The van der Waals surface area contributed by atoms with Crippen LogP contribution in [0.2, 0.25) is 0 Å². The molecule has 19 heavy (non-hydrogen) atoms. The summed E-state index contributed by atoms with van der Waals surface area (Å²) in [5.41, 5.74) is 0.0621. The van der Waals surface area contributed by atoms with Crippen molar-refractivity contribution >= 4 is 10.0 Å². The molecule has 0 aromatic heterocycles. The maximum absolute atomic E-state index is 11.9. The predicted octanol–water partition coefficient (Wildman–Crippen LogP) is 1.33. The average Bonchev–Trinajstić information content (AvgIpc) is 2.75. The number of likely N-dealkylation sites (tertiary alicyclic amines) is 1. The SMILES string of the molecule is CCNS(=O)(=O)[C@H]1CCN(CC(C)(C)CCC#N)C1. The van der Waals surface area contributed by atoms with Crippen LogP contribution in [0.25, 0.3) is 0 Å². The molecule has 1 fully saturated rings. The Morgan fingerprint density at radius 2 is 2.16 bits per heavy atom. The highest BCUT2D eigenvalue weighted by molar-refractivity contribution is 7.90. The van der Waals surface area contributed by atoms with Gasteiger partial charge in [0.25, 0.3) is 0 Å². The van der Waals surface area contributed by atoms with Gasteiger partial charge in [0.05, 0.1) is 11.3 Å². The molecule has 0 aromatic carbocycles. The molecule has 0 aromatic rings. The third-order valence-corrected chi connectivity index (χ3v) is 5.53. The average molecular weight is 287 g/mol. The Bertz CT molecular complexity index is 426. The van der Waals surface area contributed by atoms with E-state index in [0.717, 1.165) is 19.5 Å². The molecule has 0 bridgehead atoms. The van der Waals surface area contributed by atoms with Crippen molar-refractivity contribution in [2.45, 2.75) is 45.3 Å². The highest BCUT2D eigenvalue weighted by Gasteiger charge is 2.34. The van der Waals surface area contributed by atoms with Gasteiger partial charge in [-0.25, -0.2) is 13.1 Å². The smallest absolute Gasteiger partial charge is 0.215 e. The number of nitrogens with one attached hydrogen (secondary N) is 1. The zero-order chi connectivity index (χ0) is 14.5. The molecule has 0 amide bonds. The topological polar surface area (TPSA) is 73.2 Å². The Kier molecular flexibility index (Phi) is 5.78. The lowest BCUT2D eigenvalue weighted by Crippen LogP contribution is -2.38. The highest BCUT2D eigenvalue weighted by Crippen LogP contribution is 2.26. The fourth-order valence-electron chi connectivity index (χ4n) is 2.59. The Morgan fingerprint density at radius 3 is 2.74 bits per heavy atom. The van der Waals surface area contributed by atoms with Crippen LogP contribution in [0.3, 0.4) is 0 Å². The molecule has 5 nitrogen and oxygen atoms in total. The first-order valence-corrected chi connectivity index (χ1v) is 8.43. The maximum Gasteiger partial charge on any atom is 0.215 e. The van der Waals surface area contributed by atoms with E-state index in [1.165, 1.54) is 0 Å². The summed E-state index contributed by atoms with van der Waals surface area (Å²) < 4.78 is 26.5. The van der Waals surface area contributed by atoms with Crippen LogP contribution in [0.1, 0.15) is 40.0 Å². The molecule has 0 unspecified atom stereocenters. The minimum absolute atomic E-state index is 0.0621. The predicted molar refractivity (Wildman–Crippen MR) is 76.1 cm³/mol. The Balaban J connectivity index is 2.51. The fourth-order valence-corrected chi connectivity index (χ4v) is 4.05. The van der Waals surface area contributed by atoms with Crippen LogP contribution in [-0.4, -0.2) is 44.7 Å². The first-order chi connectivity index (χ1) is 8.80. The van der Waals surface area contributed by atoms with Crippen molar-refractivity contribution in [3.8, 4) is 6.07 Å². The highest BCUT2D eigenvalue weighted by atomic mass is 32.2. The molecule has 1 aliphatic rings. The van der Waals surface area contributed by atoms with E-state index < -0.39 is 10.0 Å². The maximum atomic E-state index is 11.9. The van der Waals surface area contributed by atoms with E-state index >= 15 is 0 Å². The van der Waals surface area contributed by atoms with Gasteiger partial charge in [0.1, 0.15) is 0 Å². The van der Waals surface area contributed by atoms with Crippen molar-refractivity contribution in [1.82, 2.24) is 9.62 Å². The van der Waals surface area contributed by atoms with E-state index in [-0.39, 0.29) is 10.7 Å². The minimum Gasteiger partial charge on any atom is -0.301 e. The summed E-state index contributed by atoms with van der Waals surface area (Å²) in [5.74, 6) is 0. The van der Waals surface area contributed by atoms with Gasteiger partial charge in [0.15, 0.2) is 0 Å². The lowest BCUT2D eigenvalue weighted by molar-refractivity contribution is 0.199. The van der Waals surface area contributed by atoms with Gasteiger partial charge in [-0.15, -0.1) is 0 Å². The van der Waals surface area contributed by atoms with Gasteiger partial charge in [-0.1, -0.05) is 20.8 Å². The van der Waals surface area contributed by atoms with E-state index in [1.54, 1.807) is 6.92 Å². The van der Waals surface area contributed by atoms with E-state index in [1.807, 2.05) is 0 Å². The monoisotopic (exact) mass is 287 g/mol. The van der Waals surface area contributed by atoms with Crippen LogP contribution in [0.5, 0.6) is 0 Å². The third kappa shape index (κ3) is 5.09. The number of hydrogen-bond donors (Lipinski definition) is 1. The molecule has 1 N–H and O–H groups in total. The van der Waals surface area contributed by atoms with Crippen molar-refractivity contribution in [3.63, 3.8) is 0 Å². The molecule has 1 rings (SSSR count). The Labute approximate surface area is 117 Å². The molecule has 0 spiro atoms. The molecule has 0 saturated carbocycles. The first kappa shape index (κ1) is 16.4. The molecular weight excluding hydrogens is 262 g/mol. The van der Waals surface area contributed by atoms with Crippen molar-refractivity contribution in [2.24, 2.45) is 5.41 Å². The molecule has 0 aliphatic carbocycles. The molecule has 110 valence electrons. The van der Waals surface area contributed by atoms with Crippen LogP contribution in [0, 0.1) is 16.7 Å². The summed E-state index contributed by atoms with van der Waals surface area (Å²) in [7, 11) is -3.16. The molecule has 1 heterocycles. The lowest BCUT2D eigenvalue weighted by Gasteiger charge is -2.29. The van der Waals surface area contributed by atoms with Gasteiger partial charge >= 0.3 is 0 Å². The number of nitriles is 1. The molecular formula is C13H25N3O2S. The second kappa shape index (κ2) is 6.69. The zero-order valence-corrected chi connectivity index (χ0v) is 13.0. The Morgan fingerprint density at radius 1 is 1.47 bits per heavy atom. The van der Waals surface area contributed by atoms with Gasteiger partial charge < -0.3 is 4.90 Å². The van der Waals surface area contributed by atoms with E-state index in [9.17, 15) is 8.42 Å². The number of sulfonamides is 1. The Hall–Kier alpha value is -0.640. The molecule has 0 radical (unpaired) electrons. The number of hydrogen-bond acceptors (Lipinski definition) is 4. The van der Waals surface area contributed by atoms with Crippen molar-refractivity contribution in [2.75, 3.05) is 26.2 Å². The quantitative estimate of drug-likeness (QED) is 0.766. The molecule has 1 aliphatic heterocycles. The summed E-state index contributed by atoms with van der Waals surface area (Å²) in [6, 6.07) is 2.17. The summed E-state index contributed by atoms with van der Waals surface area (Å²) in [5, 5.41) is 8.35.